The van der Waals surface area contributed by atoms with Crippen molar-refractivity contribution < 1.29 is 9.53 Å². The summed E-state index contributed by atoms with van der Waals surface area (Å²) in [5, 5.41) is 5.53. The topological polar surface area (TPSA) is 76.1 Å². The molecule has 25 heavy (non-hydrogen) atoms. The second-order valence-corrected chi connectivity index (χ2v) is 7.42. The number of anilines is 1. The molecule has 0 radical (unpaired) electrons. The number of hydrogen-bond acceptors (Lipinski definition) is 4. The number of hydrogen-bond donors (Lipinski definition) is 2. The van der Waals surface area contributed by atoms with Crippen LogP contribution in [-0.4, -0.2) is 28.0 Å². The van der Waals surface area contributed by atoms with E-state index in [1.165, 1.54) is 11.8 Å². The quantitative estimate of drug-likeness (QED) is 0.856. The average molecular weight is 361 g/mol. The number of amides is 1. The van der Waals surface area contributed by atoms with E-state index >= 15 is 0 Å². The van der Waals surface area contributed by atoms with E-state index in [9.17, 15) is 9.59 Å². The third-order valence-electron chi connectivity index (χ3n) is 4.04. The zero-order chi connectivity index (χ0) is 18.0. The van der Waals surface area contributed by atoms with Crippen molar-refractivity contribution in [2.45, 2.75) is 38.5 Å². The van der Waals surface area contributed by atoms with Gasteiger partial charge >= 0.3 is 0 Å². The summed E-state index contributed by atoms with van der Waals surface area (Å²) in [7, 11) is 0. The lowest BCUT2D eigenvalue weighted by atomic mass is 10.1. The number of ether oxygens (including phenoxy) is 1. The minimum atomic E-state index is -0.196. The highest BCUT2D eigenvalue weighted by atomic mass is 32.2. The maximum atomic E-state index is 12.6. The molecule has 2 aromatic rings. The fraction of sp³-hybridized carbons (Fsp3) is 0.444. The molecule has 0 spiro atoms. The molecule has 0 bridgehead atoms. The van der Waals surface area contributed by atoms with Gasteiger partial charge in [-0.05, 0) is 38.0 Å². The van der Waals surface area contributed by atoms with Gasteiger partial charge in [-0.3, -0.25) is 19.4 Å². The van der Waals surface area contributed by atoms with E-state index in [0.717, 1.165) is 17.7 Å². The minimum absolute atomic E-state index is 0.0466. The number of aromatic amines is 1. The van der Waals surface area contributed by atoms with E-state index < -0.39 is 0 Å². The van der Waals surface area contributed by atoms with Crippen molar-refractivity contribution >= 4 is 23.5 Å². The Kier molecular flexibility index (Phi) is 5.22. The van der Waals surface area contributed by atoms with Crippen molar-refractivity contribution in [3.05, 3.63) is 45.7 Å². The van der Waals surface area contributed by atoms with Gasteiger partial charge in [0.25, 0.3) is 5.56 Å². The lowest BCUT2D eigenvalue weighted by molar-refractivity contribution is -0.113. The predicted octanol–water partition coefficient (Wildman–Crippen LogP) is 3.32. The molecule has 6 nitrogen and oxygen atoms in total. The standard InChI is InChI=1S/C18H23N3O3S/c1-4-9-24-13-7-5-12(6-8-13)16-15-17(19-14(22)10-25-16)21(11(2)3)20-18(15)23/h5-8,11,16H,4,9-10H2,1-3H3,(H,19,22)(H,20,23)/t16-/m1/s1. The molecule has 7 heteroatoms. The highest BCUT2D eigenvalue weighted by molar-refractivity contribution is 8.00. The van der Waals surface area contributed by atoms with Crippen LogP contribution in [0.25, 0.3) is 0 Å². The Morgan fingerprint density at radius 2 is 2.00 bits per heavy atom. The second kappa shape index (κ2) is 7.39. The van der Waals surface area contributed by atoms with E-state index in [-0.39, 0.29) is 22.8 Å². The number of nitrogens with one attached hydrogen (secondary N) is 2. The number of carbonyl (C=O) groups is 1. The Hall–Kier alpha value is -2.15. The Bertz CT molecular complexity index is 808. The van der Waals surface area contributed by atoms with Crippen LogP contribution in [0.1, 0.15) is 49.6 Å². The third kappa shape index (κ3) is 3.61. The van der Waals surface area contributed by atoms with Crippen LogP contribution in [0.2, 0.25) is 0 Å². The molecule has 1 aromatic carbocycles. The molecular weight excluding hydrogens is 338 g/mol. The summed E-state index contributed by atoms with van der Waals surface area (Å²) < 4.78 is 7.35. The first-order valence-electron chi connectivity index (χ1n) is 8.49. The molecule has 0 fully saturated rings. The van der Waals surface area contributed by atoms with Gasteiger partial charge in [-0.1, -0.05) is 19.1 Å². The fourth-order valence-corrected chi connectivity index (χ4v) is 3.98. The van der Waals surface area contributed by atoms with Crippen LogP contribution in [0.3, 0.4) is 0 Å². The average Bonchev–Trinajstić information content (AvgIpc) is 2.80. The molecule has 1 aromatic heterocycles. The van der Waals surface area contributed by atoms with Crippen molar-refractivity contribution in [3.8, 4) is 5.75 Å². The van der Waals surface area contributed by atoms with E-state index in [2.05, 4.69) is 17.3 Å². The summed E-state index contributed by atoms with van der Waals surface area (Å²) in [6, 6.07) is 7.81. The maximum Gasteiger partial charge on any atom is 0.270 e. The summed E-state index contributed by atoms with van der Waals surface area (Å²) in [6.07, 6.45) is 0.954. The third-order valence-corrected chi connectivity index (χ3v) is 5.31. The highest BCUT2D eigenvalue weighted by Crippen LogP contribution is 2.40. The Morgan fingerprint density at radius 1 is 1.28 bits per heavy atom. The number of H-pyrrole nitrogens is 1. The number of fused-ring (bicyclic) bond motifs is 1. The molecule has 1 aliphatic heterocycles. The van der Waals surface area contributed by atoms with Crippen molar-refractivity contribution in [2.24, 2.45) is 0 Å². The summed E-state index contributed by atoms with van der Waals surface area (Å²) in [4.78, 5) is 24.7. The van der Waals surface area contributed by atoms with Crippen LogP contribution in [0, 0.1) is 0 Å². The second-order valence-electron chi connectivity index (χ2n) is 6.32. The first kappa shape index (κ1) is 17.7. The Balaban J connectivity index is 2.00. The van der Waals surface area contributed by atoms with Gasteiger partial charge in [-0.25, -0.2) is 0 Å². The van der Waals surface area contributed by atoms with Gasteiger partial charge in [0, 0.05) is 6.04 Å². The first-order valence-corrected chi connectivity index (χ1v) is 9.54. The zero-order valence-corrected chi connectivity index (χ0v) is 15.5. The number of carbonyl (C=O) groups excluding carboxylic acids is 1. The Labute approximate surface area is 150 Å². The zero-order valence-electron chi connectivity index (χ0n) is 14.7. The normalized spacial score (nSPS) is 17.1. The van der Waals surface area contributed by atoms with E-state index in [1.54, 1.807) is 4.68 Å². The van der Waals surface area contributed by atoms with Crippen LogP contribution in [0.5, 0.6) is 5.75 Å². The van der Waals surface area contributed by atoms with Gasteiger partial charge in [0.2, 0.25) is 5.91 Å². The molecule has 3 rings (SSSR count). The number of thioether (sulfide) groups is 1. The summed E-state index contributed by atoms with van der Waals surface area (Å²) in [5.41, 5.74) is 1.43. The summed E-state index contributed by atoms with van der Waals surface area (Å²) >= 11 is 1.46. The van der Waals surface area contributed by atoms with Crippen molar-refractivity contribution in [2.75, 3.05) is 17.7 Å². The SMILES string of the molecule is CCCOc1ccc([C@H]2SCC(=O)Nc3c2c(=O)[nH]n3C(C)C)cc1. The van der Waals surface area contributed by atoms with Crippen LogP contribution >= 0.6 is 11.8 Å². The van der Waals surface area contributed by atoms with Gasteiger partial charge in [0.15, 0.2) is 0 Å². The molecule has 1 amide bonds. The van der Waals surface area contributed by atoms with Gasteiger partial charge < -0.3 is 10.1 Å². The smallest absolute Gasteiger partial charge is 0.270 e. The summed E-state index contributed by atoms with van der Waals surface area (Å²) in [6.45, 7) is 6.68. The van der Waals surface area contributed by atoms with Crippen molar-refractivity contribution in [1.82, 2.24) is 9.78 Å². The van der Waals surface area contributed by atoms with Crippen LogP contribution in [0.15, 0.2) is 29.1 Å². The van der Waals surface area contributed by atoms with Gasteiger partial charge in [0.05, 0.1) is 23.2 Å². The van der Waals surface area contributed by atoms with E-state index in [0.29, 0.717) is 23.7 Å². The molecule has 134 valence electrons. The largest absolute Gasteiger partial charge is 0.494 e. The molecule has 0 saturated heterocycles. The Morgan fingerprint density at radius 3 is 2.64 bits per heavy atom. The molecular formula is C18H23N3O3S. The van der Waals surface area contributed by atoms with Crippen molar-refractivity contribution in [1.29, 1.82) is 0 Å². The minimum Gasteiger partial charge on any atom is -0.494 e. The van der Waals surface area contributed by atoms with E-state index in [4.69, 9.17) is 4.74 Å². The molecule has 2 heterocycles. The first-order chi connectivity index (χ1) is 12.0. The predicted molar refractivity (Wildman–Crippen MR) is 101 cm³/mol. The van der Waals surface area contributed by atoms with Crippen LogP contribution < -0.4 is 15.6 Å². The number of aromatic nitrogens is 2. The van der Waals surface area contributed by atoms with Gasteiger partial charge in [-0.2, -0.15) is 0 Å². The monoisotopic (exact) mass is 361 g/mol. The van der Waals surface area contributed by atoms with Crippen molar-refractivity contribution in [3.63, 3.8) is 0 Å². The lowest BCUT2D eigenvalue weighted by Crippen LogP contribution is -2.17. The maximum absolute atomic E-state index is 12.6. The highest BCUT2D eigenvalue weighted by Gasteiger charge is 2.30. The fourth-order valence-electron chi connectivity index (χ4n) is 2.85. The lowest BCUT2D eigenvalue weighted by Gasteiger charge is -2.15. The number of benzene rings is 1. The number of rotatable bonds is 5. The molecule has 0 unspecified atom stereocenters. The molecule has 2 N–H and O–H groups in total. The van der Waals surface area contributed by atoms with Crippen LogP contribution in [0.4, 0.5) is 5.82 Å². The molecule has 1 aliphatic rings. The molecule has 0 saturated carbocycles. The number of nitrogens with zero attached hydrogens (tertiary/aromatic N) is 1. The van der Waals surface area contributed by atoms with E-state index in [1.807, 2.05) is 38.1 Å². The van der Waals surface area contributed by atoms with Crippen LogP contribution in [-0.2, 0) is 4.79 Å². The molecule has 0 aliphatic carbocycles. The van der Waals surface area contributed by atoms with Gasteiger partial charge in [-0.15, -0.1) is 11.8 Å². The molecule has 1 atom stereocenters. The van der Waals surface area contributed by atoms with Gasteiger partial charge in [0.1, 0.15) is 11.6 Å². The summed E-state index contributed by atoms with van der Waals surface area (Å²) in [5.74, 6) is 1.61.